The molecule has 1 aliphatic heterocycles. The lowest BCUT2D eigenvalue weighted by Gasteiger charge is -2.12. The van der Waals surface area contributed by atoms with E-state index in [0.29, 0.717) is 24.5 Å². The van der Waals surface area contributed by atoms with Crippen LogP contribution in [0.4, 0.5) is 0 Å². The summed E-state index contributed by atoms with van der Waals surface area (Å²) in [4.78, 5) is 13.9. The van der Waals surface area contributed by atoms with Gasteiger partial charge in [-0.3, -0.25) is 4.79 Å². The van der Waals surface area contributed by atoms with Crippen LogP contribution >= 0.6 is 0 Å². The second-order valence-electron chi connectivity index (χ2n) is 5.06. The lowest BCUT2D eigenvalue weighted by atomic mass is 10.1. The molecule has 0 fully saturated rings. The van der Waals surface area contributed by atoms with Crippen LogP contribution in [0.25, 0.3) is 0 Å². The molecule has 3 rings (SSSR count). The van der Waals surface area contributed by atoms with Gasteiger partial charge in [0.1, 0.15) is 18.1 Å². The van der Waals surface area contributed by atoms with Gasteiger partial charge in [-0.05, 0) is 17.7 Å². The summed E-state index contributed by atoms with van der Waals surface area (Å²) in [6, 6.07) is 13.6. The highest BCUT2D eigenvalue weighted by Gasteiger charge is 2.31. The first-order valence-corrected chi connectivity index (χ1v) is 6.82. The van der Waals surface area contributed by atoms with Crippen LogP contribution in [-0.2, 0) is 13.2 Å². The Morgan fingerprint density at radius 2 is 1.81 bits per heavy atom. The first-order valence-electron chi connectivity index (χ1n) is 6.82. The molecule has 0 N–H and O–H groups in total. The molecule has 108 valence electrons. The molecule has 0 radical (unpaired) electrons. The number of carbonyl (C=O) groups is 1. The van der Waals surface area contributed by atoms with E-state index >= 15 is 0 Å². The zero-order chi connectivity index (χ0) is 14.8. The predicted molar refractivity (Wildman–Crippen MR) is 79.6 cm³/mol. The van der Waals surface area contributed by atoms with Crippen molar-refractivity contribution < 1.29 is 14.3 Å². The summed E-state index contributed by atoms with van der Waals surface area (Å²) in [5.41, 5.74) is 2.61. The quantitative estimate of drug-likeness (QED) is 0.866. The van der Waals surface area contributed by atoms with E-state index in [2.05, 4.69) is 0 Å². The van der Waals surface area contributed by atoms with Gasteiger partial charge in [-0.25, -0.2) is 0 Å². The lowest BCUT2D eigenvalue weighted by molar-refractivity contribution is 0.0814. The van der Waals surface area contributed by atoms with Crippen LogP contribution in [0, 0.1) is 0 Å². The molecule has 4 nitrogen and oxygen atoms in total. The number of hydrogen-bond acceptors (Lipinski definition) is 3. The van der Waals surface area contributed by atoms with Crippen LogP contribution in [0.5, 0.6) is 11.5 Å². The highest BCUT2D eigenvalue weighted by atomic mass is 16.5. The van der Waals surface area contributed by atoms with Crippen LogP contribution in [0.2, 0.25) is 0 Å². The van der Waals surface area contributed by atoms with Gasteiger partial charge in [0.2, 0.25) is 0 Å². The summed E-state index contributed by atoms with van der Waals surface area (Å²) in [7, 11) is 3.36. The number of methoxy groups -OCH3 is 1. The van der Waals surface area contributed by atoms with E-state index in [0.717, 1.165) is 16.9 Å². The molecular weight excluding hydrogens is 266 g/mol. The third kappa shape index (κ3) is 2.44. The molecule has 0 spiro atoms. The van der Waals surface area contributed by atoms with Crippen molar-refractivity contribution in [3.8, 4) is 11.5 Å². The highest BCUT2D eigenvalue weighted by Crippen LogP contribution is 2.36. The van der Waals surface area contributed by atoms with Crippen molar-refractivity contribution in [2.24, 2.45) is 0 Å². The number of amides is 1. The van der Waals surface area contributed by atoms with Gasteiger partial charge in [0.25, 0.3) is 5.91 Å². The Morgan fingerprint density at radius 3 is 2.52 bits per heavy atom. The van der Waals surface area contributed by atoms with Crippen molar-refractivity contribution in [3.63, 3.8) is 0 Å². The fourth-order valence-corrected chi connectivity index (χ4v) is 2.54. The summed E-state index contributed by atoms with van der Waals surface area (Å²) in [5, 5.41) is 0. The zero-order valence-electron chi connectivity index (χ0n) is 12.1. The van der Waals surface area contributed by atoms with E-state index in [-0.39, 0.29) is 5.91 Å². The monoisotopic (exact) mass is 283 g/mol. The van der Waals surface area contributed by atoms with Crippen LogP contribution in [-0.4, -0.2) is 25.0 Å². The average Bonchev–Trinajstić information content (AvgIpc) is 2.82. The molecule has 0 bridgehead atoms. The predicted octanol–water partition coefficient (Wildman–Crippen LogP) is 2.86. The summed E-state index contributed by atoms with van der Waals surface area (Å²) in [6.07, 6.45) is 0. The molecule has 1 amide bonds. The van der Waals surface area contributed by atoms with E-state index in [1.165, 1.54) is 0 Å². The maximum absolute atomic E-state index is 12.2. The molecule has 2 aromatic rings. The number of hydrogen-bond donors (Lipinski definition) is 0. The first-order chi connectivity index (χ1) is 10.2. The Labute approximate surface area is 123 Å². The van der Waals surface area contributed by atoms with Crippen molar-refractivity contribution in [3.05, 3.63) is 59.2 Å². The fourth-order valence-electron chi connectivity index (χ4n) is 2.54. The Balaban J connectivity index is 1.89. The maximum Gasteiger partial charge on any atom is 0.258 e. The lowest BCUT2D eigenvalue weighted by Crippen LogP contribution is -2.17. The molecule has 0 saturated carbocycles. The molecule has 2 aromatic carbocycles. The van der Waals surface area contributed by atoms with Gasteiger partial charge >= 0.3 is 0 Å². The third-order valence-corrected chi connectivity index (χ3v) is 3.64. The van der Waals surface area contributed by atoms with Gasteiger partial charge in [-0.2, -0.15) is 0 Å². The van der Waals surface area contributed by atoms with Crippen molar-refractivity contribution >= 4 is 5.91 Å². The average molecular weight is 283 g/mol. The van der Waals surface area contributed by atoms with Gasteiger partial charge in [0.15, 0.2) is 0 Å². The van der Waals surface area contributed by atoms with E-state index in [4.69, 9.17) is 9.47 Å². The fraction of sp³-hybridized carbons (Fsp3) is 0.235. The second kappa shape index (κ2) is 5.48. The number of benzene rings is 2. The zero-order valence-corrected chi connectivity index (χ0v) is 12.1. The van der Waals surface area contributed by atoms with Gasteiger partial charge in [-0.15, -0.1) is 0 Å². The summed E-state index contributed by atoms with van der Waals surface area (Å²) < 4.78 is 11.2. The van der Waals surface area contributed by atoms with E-state index < -0.39 is 0 Å². The van der Waals surface area contributed by atoms with Gasteiger partial charge in [-0.1, -0.05) is 30.3 Å². The maximum atomic E-state index is 12.2. The summed E-state index contributed by atoms with van der Waals surface area (Å²) in [5.74, 6) is 1.32. The van der Waals surface area contributed by atoms with E-state index in [1.54, 1.807) is 25.1 Å². The van der Waals surface area contributed by atoms with E-state index in [9.17, 15) is 4.79 Å². The van der Waals surface area contributed by atoms with Crippen LogP contribution in [0.15, 0.2) is 42.5 Å². The molecule has 0 atom stereocenters. The molecule has 0 aliphatic carbocycles. The van der Waals surface area contributed by atoms with Crippen LogP contribution < -0.4 is 9.47 Å². The highest BCUT2D eigenvalue weighted by molar-refractivity contribution is 6.01. The van der Waals surface area contributed by atoms with Crippen molar-refractivity contribution in [1.29, 1.82) is 0 Å². The molecular formula is C17H17NO3. The number of carbonyl (C=O) groups excluding carboxylic acids is 1. The number of nitrogens with zero attached hydrogens (tertiary/aromatic N) is 1. The van der Waals surface area contributed by atoms with Gasteiger partial charge in [0.05, 0.1) is 19.2 Å². The molecule has 1 aliphatic rings. The second-order valence-corrected chi connectivity index (χ2v) is 5.06. The van der Waals surface area contributed by atoms with Crippen molar-refractivity contribution in [2.45, 2.75) is 13.2 Å². The largest absolute Gasteiger partial charge is 0.496 e. The molecule has 4 heteroatoms. The topological polar surface area (TPSA) is 38.8 Å². The SMILES string of the molecule is COc1ccc(OCc2ccccc2)c2c1C(=O)N(C)C2. The standard InChI is InChI=1S/C17H17NO3/c1-18-10-13-14(21-11-12-6-4-3-5-7-12)8-9-15(20-2)16(13)17(18)19/h3-9H,10-11H2,1-2H3. The summed E-state index contributed by atoms with van der Waals surface area (Å²) >= 11 is 0. The number of rotatable bonds is 4. The normalized spacial score (nSPS) is 13.2. The van der Waals surface area contributed by atoms with E-state index in [1.807, 2.05) is 36.4 Å². The van der Waals surface area contributed by atoms with Crippen LogP contribution in [0.3, 0.4) is 0 Å². The van der Waals surface area contributed by atoms with Crippen molar-refractivity contribution in [2.75, 3.05) is 14.2 Å². The first kappa shape index (κ1) is 13.5. The number of ether oxygens (including phenoxy) is 2. The van der Waals surface area contributed by atoms with Crippen molar-refractivity contribution in [1.82, 2.24) is 4.90 Å². The molecule has 0 saturated heterocycles. The smallest absolute Gasteiger partial charge is 0.258 e. The Morgan fingerprint density at radius 1 is 1.10 bits per heavy atom. The minimum Gasteiger partial charge on any atom is -0.496 e. The molecule has 1 heterocycles. The Kier molecular flexibility index (Phi) is 3.52. The number of fused-ring (bicyclic) bond motifs is 1. The van der Waals surface area contributed by atoms with Crippen LogP contribution in [0.1, 0.15) is 21.5 Å². The molecule has 0 unspecified atom stereocenters. The van der Waals surface area contributed by atoms with Gasteiger partial charge in [0, 0.05) is 12.6 Å². The third-order valence-electron chi connectivity index (χ3n) is 3.64. The summed E-state index contributed by atoms with van der Waals surface area (Å²) in [6.45, 7) is 1.03. The van der Waals surface area contributed by atoms with Gasteiger partial charge < -0.3 is 14.4 Å². The minimum atomic E-state index is -0.0213. The Bertz CT molecular complexity index is 667. The Hall–Kier alpha value is -2.49. The molecule has 0 aromatic heterocycles. The minimum absolute atomic E-state index is 0.0213. The molecule has 21 heavy (non-hydrogen) atoms.